The van der Waals surface area contributed by atoms with Gasteiger partial charge in [-0.3, -0.25) is 9.89 Å². The van der Waals surface area contributed by atoms with Crippen LogP contribution in [0.3, 0.4) is 0 Å². The van der Waals surface area contributed by atoms with Gasteiger partial charge in [-0.25, -0.2) is 4.98 Å². The van der Waals surface area contributed by atoms with Crippen LogP contribution in [0.1, 0.15) is 25.6 Å². The van der Waals surface area contributed by atoms with Crippen molar-refractivity contribution in [3.63, 3.8) is 0 Å². The molecule has 0 spiro atoms. The Balaban J connectivity index is 1.89. The van der Waals surface area contributed by atoms with Crippen molar-refractivity contribution >= 4 is 5.91 Å². The summed E-state index contributed by atoms with van der Waals surface area (Å²) in [6, 6.07) is 0. The average Bonchev–Trinajstić information content (AvgIpc) is 2.88. The lowest BCUT2D eigenvalue weighted by Crippen LogP contribution is -2.36. The molecule has 1 aliphatic heterocycles. The molecule has 2 unspecified atom stereocenters. The second-order valence-corrected chi connectivity index (χ2v) is 4.14. The Morgan fingerprint density at radius 1 is 1.69 bits per heavy atom. The number of amides is 1. The lowest BCUT2D eigenvalue weighted by Gasteiger charge is -2.19. The predicted molar refractivity (Wildman–Crippen MR) is 56.4 cm³/mol. The summed E-state index contributed by atoms with van der Waals surface area (Å²) in [6.45, 7) is 2.43. The minimum atomic E-state index is -0.289. The van der Waals surface area contributed by atoms with Gasteiger partial charge >= 0.3 is 0 Å². The van der Waals surface area contributed by atoms with E-state index < -0.39 is 0 Å². The molecular weight excluding hydrogens is 208 g/mol. The quantitative estimate of drug-likeness (QED) is 0.803. The first-order chi connectivity index (χ1) is 7.66. The van der Waals surface area contributed by atoms with Crippen LogP contribution in [0.4, 0.5) is 0 Å². The van der Waals surface area contributed by atoms with E-state index in [1.165, 1.54) is 6.33 Å². The van der Waals surface area contributed by atoms with Crippen LogP contribution in [0.5, 0.6) is 0 Å². The number of aromatic amines is 1. The van der Waals surface area contributed by atoms with E-state index in [4.69, 9.17) is 4.74 Å². The van der Waals surface area contributed by atoms with Crippen molar-refractivity contribution in [3.8, 4) is 0 Å². The first kappa shape index (κ1) is 11.1. The van der Waals surface area contributed by atoms with Crippen LogP contribution in [0.15, 0.2) is 6.33 Å². The summed E-state index contributed by atoms with van der Waals surface area (Å²) in [7, 11) is 1.75. The second-order valence-electron chi connectivity index (χ2n) is 4.14. The summed E-state index contributed by atoms with van der Waals surface area (Å²) in [6.07, 6.45) is 3.09. The van der Waals surface area contributed by atoms with Gasteiger partial charge in [0.1, 0.15) is 18.3 Å². The standard InChI is InChI=1S/C10H16N4O2/c1-7-3-4-8(16-7)10(15)14(2)5-9-11-6-12-13-9/h6-8H,3-5H2,1-2H3,(H,11,12,13). The number of hydrogen-bond acceptors (Lipinski definition) is 4. The van der Waals surface area contributed by atoms with Gasteiger partial charge in [0.15, 0.2) is 0 Å². The van der Waals surface area contributed by atoms with Gasteiger partial charge in [-0.2, -0.15) is 5.10 Å². The molecule has 2 rings (SSSR count). The number of rotatable bonds is 3. The topological polar surface area (TPSA) is 71.1 Å². The number of nitrogens with zero attached hydrogens (tertiary/aromatic N) is 3. The monoisotopic (exact) mass is 224 g/mol. The minimum Gasteiger partial charge on any atom is -0.365 e. The smallest absolute Gasteiger partial charge is 0.251 e. The predicted octanol–water partition coefficient (Wildman–Crippen LogP) is 0.331. The van der Waals surface area contributed by atoms with Crippen molar-refractivity contribution in [2.24, 2.45) is 0 Å². The number of carbonyl (C=O) groups excluding carboxylic acids is 1. The maximum atomic E-state index is 12.0. The van der Waals surface area contributed by atoms with Crippen molar-refractivity contribution < 1.29 is 9.53 Å². The van der Waals surface area contributed by atoms with Gasteiger partial charge < -0.3 is 9.64 Å². The first-order valence-electron chi connectivity index (χ1n) is 5.41. The summed E-state index contributed by atoms with van der Waals surface area (Å²) < 4.78 is 5.53. The van der Waals surface area contributed by atoms with E-state index in [1.54, 1.807) is 11.9 Å². The van der Waals surface area contributed by atoms with Crippen LogP contribution in [0.2, 0.25) is 0 Å². The zero-order valence-electron chi connectivity index (χ0n) is 9.51. The van der Waals surface area contributed by atoms with Crippen molar-refractivity contribution in [1.29, 1.82) is 0 Å². The van der Waals surface area contributed by atoms with Gasteiger partial charge in [0.05, 0.1) is 12.6 Å². The lowest BCUT2D eigenvalue weighted by molar-refractivity contribution is -0.141. The zero-order valence-corrected chi connectivity index (χ0v) is 9.51. The molecule has 1 fully saturated rings. The van der Waals surface area contributed by atoms with Crippen molar-refractivity contribution in [2.75, 3.05) is 7.05 Å². The molecule has 6 heteroatoms. The molecule has 6 nitrogen and oxygen atoms in total. The Kier molecular flexibility index (Phi) is 3.19. The highest BCUT2D eigenvalue weighted by Gasteiger charge is 2.30. The Morgan fingerprint density at radius 3 is 3.06 bits per heavy atom. The molecule has 1 aromatic heterocycles. The second kappa shape index (κ2) is 4.61. The summed E-state index contributed by atoms with van der Waals surface area (Å²) in [5.41, 5.74) is 0. The summed E-state index contributed by atoms with van der Waals surface area (Å²) in [5, 5.41) is 6.47. The molecule has 0 aromatic carbocycles. The summed E-state index contributed by atoms with van der Waals surface area (Å²) in [5.74, 6) is 0.697. The van der Waals surface area contributed by atoms with Crippen molar-refractivity contribution in [1.82, 2.24) is 20.1 Å². The Labute approximate surface area is 94.0 Å². The zero-order chi connectivity index (χ0) is 11.5. The fourth-order valence-electron chi connectivity index (χ4n) is 1.84. The van der Waals surface area contributed by atoms with Crippen molar-refractivity contribution in [2.45, 2.75) is 38.5 Å². The maximum Gasteiger partial charge on any atom is 0.251 e. The third-order valence-corrected chi connectivity index (χ3v) is 2.74. The SMILES string of the molecule is CC1CCC(C(=O)N(C)Cc2ncn[nH]2)O1. The van der Waals surface area contributed by atoms with Crippen LogP contribution in [-0.4, -0.2) is 45.2 Å². The van der Waals surface area contributed by atoms with Gasteiger partial charge in [0.2, 0.25) is 0 Å². The van der Waals surface area contributed by atoms with E-state index in [0.29, 0.717) is 12.4 Å². The number of carbonyl (C=O) groups is 1. The molecule has 0 bridgehead atoms. The molecule has 0 radical (unpaired) electrons. The molecule has 1 amide bonds. The molecule has 88 valence electrons. The molecule has 0 aliphatic carbocycles. The van der Waals surface area contributed by atoms with Crippen molar-refractivity contribution in [3.05, 3.63) is 12.2 Å². The van der Waals surface area contributed by atoms with Gasteiger partial charge in [-0.1, -0.05) is 0 Å². The molecule has 2 heterocycles. The summed E-state index contributed by atoms with van der Waals surface area (Å²) in [4.78, 5) is 17.5. The number of likely N-dealkylation sites (N-methyl/N-ethyl adjacent to an activating group) is 1. The number of ether oxygens (including phenoxy) is 1. The Bertz CT molecular complexity index is 352. The van der Waals surface area contributed by atoms with E-state index >= 15 is 0 Å². The molecule has 1 aromatic rings. The first-order valence-corrected chi connectivity index (χ1v) is 5.41. The van der Waals surface area contributed by atoms with Crippen LogP contribution in [0, 0.1) is 0 Å². The van der Waals surface area contributed by atoms with Crippen LogP contribution in [-0.2, 0) is 16.1 Å². The molecule has 2 atom stereocenters. The molecule has 0 saturated carbocycles. The highest BCUT2D eigenvalue weighted by atomic mass is 16.5. The third kappa shape index (κ3) is 2.38. The van der Waals surface area contributed by atoms with Gasteiger partial charge in [0, 0.05) is 7.05 Å². The normalized spacial score (nSPS) is 24.6. The fraction of sp³-hybridized carbons (Fsp3) is 0.700. The van der Waals surface area contributed by atoms with Crippen LogP contribution in [0.25, 0.3) is 0 Å². The number of H-pyrrole nitrogens is 1. The highest BCUT2D eigenvalue weighted by molar-refractivity contribution is 5.80. The minimum absolute atomic E-state index is 0.0146. The molecule has 16 heavy (non-hydrogen) atoms. The Morgan fingerprint density at radius 2 is 2.50 bits per heavy atom. The molecule has 1 N–H and O–H groups in total. The largest absolute Gasteiger partial charge is 0.365 e. The number of aromatic nitrogens is 3. The van der Waals surface area contributed by atoms with Gasteiger partial charge in [0.25, 0.3) is 5.91 Å². The lowest BCUT2D eigenvalue weighted by atomic mass is 10.2. The van der Waals surface area contributed by atoms with Crippen LogP contribution < -0.4 is 0 Å². The summed E-state index contributed by atoms with van der Waals surface area (Å²) >= 11 is 0. The average molecular weight is 224 g/mol. The van der Waals surface area contributed by atoms with Gasteiger partial charge in [-0.15, -0.1) is 0 Å². The number of hydrogen-bond donors (Lipinski definition) is 1. The fourth-order valence-corrected chi connectivity index (χ4v) is 1.84. The van der Waals surface area contributed by atoms with Gasteiger partial charge in [-0.05, 0) is 19.8 Å². The third-order valence-electron chi connectivity index (χ3n) is 2.74. The molecule has 1 saturated heterocycles. The van der Waals surface area contributed by atoms with Crippen LogP contribution >= 0.6 is 0 Å². The van der Waals surface area contributed by atoms with E-state index in [0.717, 1.165) is 12.8 Å². The van der Waals surface area contributed by atoms with E-state index in [-0.39, 0.29) is 18.1 Å². The maximum absolute atomic E-state index is 12.0. The highest BCUT2D eigenvalue weighted by Crippen LogP contribution is 2.20. The Hall–Kier alpha value is -1.43. The van der Waals surface area contributed by atoms with E-state index in [1.807, 2.05) is 6.92 Å². The van der Waals surface area contributed by atoms with E-state index in [2.05, 4.69) is 15.2 Å². The molecular formula is C10H16N4O2. The number of nitrogens with one attached hydrogen (secondary N) is 1. The van der Waals surface area contributed by atoms with E-state index in [9.17, 15) is 4.79 Å². The molecule has 1 aliphatic rings.